The summed E-state index contributed by atoms with van der Waals surface area (Å²) in [4.78, 5) is 6.28. The van der Waals surface area contributed by atoms with Gasteiger partial charge in [-0.2, -0.15) is 0 Å². The summed E-state index contributed by atoms with van der Waals surface area (Å²) in [7, 11) is 0. The number of pyridine rings is 1. The van der Waals surface area contributed by atoms with Crippen LogP contribution in [0.1, 0.15) is 19.8 Å². The van der Waals surface area contributed by atoms with E-state index in [1.807, 2.05) is 31.5 Å². The van der Waals surface area contributed by atoms with Crippen molar-refractivity contribution in [3.63, 3.8) is 0 Å². The minimum Gasteiger partial charge on any atom is -0.390 e. The molecule has 14 heavy (non-hydrogen) atoms. The van der Waals surface area contributed by atoms with Gasteiger partial charge in [-0.1, -0.05) is 0 Å². The van der Waals surface area contributed by atoms with Gasteiger partial charge in [0.05, 0.1) is 5.60 Å². The van der Waals surface area contributed by atoms with Crippen molar-refractivity contribution in [3.8, 4) is 0 Å². The lowest BCUT2D eigenvalue weighted by Gasteiger charge is -2.37. The van der Waals surface area contributed by atoms with Crippen molar-refractivity contribution in [2.45, 2.75) is 25.4 Å². The van der Waals surface area contributed by atoms with Gasteiger partial charge in [0.1, 0.15) is 0 Å². The van der Waals surface area contributed by atoms with Gasteiger partial charge in [0.15, 0.2) is 0 Å². The number of aliphatic hydroxyl groups is 1. The highest BCUT2D eigenvalue weighted by molar-refractivity contribution is 5.45. The van der Waals surface area contributed by atoms with Crippen molar-refractivity contribution < 1.29 is 5.11 Å². The van der Waals surface area contributed by atoms with Crippen LogP contribution in [-0.2, 0) is 0 Å². The summed E-state index contributed by atoms with van der Waals surface area (Å²) in [6.07, 6.45) is 5.30. The summed E-state index contributed by atoms with van der Waals surface area (Å²) in [6.45, 7) is 3.77. The molecule has 1 saturated heterocycles. The fourth-order valence-electron chi connectivity index (χ4n) is 1.80. The van der Waals surface area contributed by atoms with E-state index in [0.717, 1.165) is 25.9 Å². The Hall–Kier alpha value is -1.09. The molecular weight excluding hydrogens is 176 g/mol. The number of nitrogens with zero attached hydrogens (tertiary/aromatic N) is 2. The summed E-state index contributed by atoms with van der Waals surface area (Å²) >= 11 is 0. The standard InChI is InChI=1S/C11H16N2O/c1-11(14)4-8-13(9-5-11)10-2-6-12-7-3-10/h2-3,6-7,14H,4-5,8-9H2,1H3. The summed E-state index contributed by atoms with van der Waals surface area (Å²) in [5, 5.41) is 9.80. The van der Waals surface area contributed by atoms with Gasteiger partial charge >= 0.3 is 0 Å². The summed E-state index contributed by atoms with van der Waals surface area (Å²) in [5.41, 5.74) is 0.735. The zero-order valence-electron chi connectivity index (χ0n) is 8.48. The van der Waals surface area contributed by atoms with Crippen LogP contribution in [0.2, 0.25) is 0 Å². The molecule has 0 atom stereocenters. The summed E-state index contributed by atoms with van der Waals surface area (Å²) in [5.74, 6) is 0. The maximum Gasteiger partial charge on any atom is 0.0653 e. The predicted octanol–water partition coefficient (Wildman–Crippen LogP) is 1.43. The van der Waals surface area contributed by atoms with Crippen molar-refractivity contribution in [3.05, 3.63) is 24.5 Å². The summed E-state index contributed by atoms with van der Waals surface area (Å²) < 4.78 is 0. The van der Waals surface area contributed by atoms with E-state index in [1.54, 1.807) is 0 Å². The van der Waals surface area contributed by atoms with Gasteiger partial charge in [0, 0.05) is 31.2 Å². The molecule has 3 nitrogen and oxygen atoms in total. The minimum atomic E-state index is -0.469. The van der Waals surface area contributed by atoms with Gasteiger partial charge in [-0.15, -0.1) is 0 Å². The number of aromatic nitrogens is 1. The Balaban J connectivity index is 2.03. The van der Waals surface area contributed by atoms with Crippen molar-refractivity contribution in [1.82, 2.24) is 4.98 Å². The van der Waals surface area contributed by atoms with Crippen LogP contribution in [0.5, 0.6) is 0 Å². The highest BCUT2D eigenvalue weighted by atomic mass is 16.3. The van der Waals surface area contributed by atoms with Gasteiger partial charge in [-0.3, -0.25) is 4.98 Å². The molecule has 1 aliphatic heterocycles. The van der Waals surface area contributed by atoms with Crippen molar-refractivity contribution >= 4 is 5.69 Å². The van der Waals surface area contributed by atoms with E-state index in [1.165, 1.54) is 5.69 Å². The molecule has 0 bridgehead atoms. The molecule has 0 saturated carbocycles. The average molecular weight is 192 g/mol. The second kappa shape index (κ2) is 3.58. The molecule has 0 amide bonds. The van der Waals surface area contributed by atoms with Crippen LogP contribution in [0, 0.1) is 0 Å². The highest BCUT2D eigenvalue weighted by Crippen LogP contribution is 2.24. The zero-order valence-corrected chi connectivity index (χ0v) is 8.48. The third-order valence-corrected chi connectivity index (χ3v) is 2.87. The molecule has 0 spiro atoms. The van der Waals surface area contributed by atoms with Crippen LogP contribution in [0.15, 0.2) is 24.5 Å². The van der Waals surface area contributed by atoms with Gasteiger partial charge in [0.25, 0.3) is 0 Å². The highest BCUT2D eigenvalue weighted by Gasteiger charge is 2.27. The molecule has 0 unspecified atom stereocenters. The number of hydrogen-bond acceptors (Lipinski definition) is 3. The zero-order chi connectivity index (χ0) is 10.0. The van der Waals surface area contributed by atoms with E-state index in [0.29, 0.717) is 0 Å². The molecule has 1 aromatic heterocycles. The Morgan fingerprint density at radius 3 is 2.43 bits per heavy atom. The molecule has 1 fully saturated rings. The molecular formula is C11H16N2O. The van der Waals surface area contributed by atoms with Crippen molar-refractivity contribution in [2.75, 3.05) is 18.0 Å². The van der Waals surface area contributed by atoms with Crippen LogP contribution < -0.4 is 4.90 Å². The van der Waals surface area contributed by atoms with Crippen LogP contribution in [-0.4, -0.2) is 28.8 Å². The van der Waals surface area contributed by atoms with E-state index >= 15 is 0 Å². The Morgan fingerprint density at radius 2 is 1.86 bits per heavy atom. The first-order valence-corrected chi connectivity index (χ1v) is 5.05. The molecule has 0 aliphatic carbocycles. The maximum absolute atomic E-state index is 9.80. The van der Waals surface area contributed by atoms with E-state index in [9.17, 15) is 5.11 Å². The second-order valence-electron chi connectivity index (χ2n) is 4.19. The molecule has 3 heteroatoms. The molecule has 1 N–H and O–H groups in total. The topological polar surface area (TPSA) is 36.4 Å². The first-order chi connectivity index (χ1) is 6.67. The Morgan fingerprint density at radius 1 is 1.29 bits per heavy atom. The van der Waals surface area contributed by atoms with E-state index in [-0.39, 0.29) is 0 Å². The van der Waals surface area contributed by atoms with Gasteiger partial charge in [0.2, 0.25) is 0 Å². The quantitative estimate of drug-likeness (QED) is 0.731. The Labute approximate surface area is 84.4 Å². The SMILES string of the molecule is CC1(O)CCN(c2ccncc2)CC1. The largest absolute Gasteiger partial charge is 0.390 e. The third kappa shape index (κ3) is 2.04. The third-order valence-electron chi connectivity index (χ3n) is 2.87. The number of hydrogen-bond donors (Lipinski definition) is 1. The maximum atomic E-state index is 9.80. The van der Waals surface area contributed by atoms with Crippen LogP contribution in [0.3, 0.4) is 0 Å². The Bertz CT molecular complexity index is 287. The molecule has 76 valence electrons. The monoisotopic (exact) mass is 192 g/mol. The molecule has 0 aromatic carbocycles. The first kappa shape index (κ1) is 9.46. The van der Waals surface area contributed by atoms with Crippen molar-refractivity contribution in [1.29, 1.82) is 0 Å². The van der Waals surface area contributed by atoms with Crippen LogP contribution in [0.25, 0.3) is 0 Å². The molecule has 2 heterocycles. The van der Waals surface area contributed by atoms with E-state index in [2.05, 4.69) is 9.88 Å². The van der Waals surface area contributed by atoms with Gasteiger partial charge in [-0.25, -0.2) is 0 Å². The van der Waals surface area contributed by atoms with E-state index < -0.39 is 5.60 Å². The summed E-state index contributed by atoms with van der Waals surface area (Å²) in [6, 6.07) is 4.03. The fourth-order valence-corrected chi connectivity index (χ4v) is 1.80. The molecule has 1 aromatic rings. The lowest BCUT2D eigenvalue weighted by molar-refractivity contribution is 0.0351. The normalized spacial score (nSPS) is 20.9. The van der Waals surface area contributed by atoms with Crippen molar-refractivity contribution in [2.24, 2.45) is 0 Å². The average Bonchev–Trinajstić information content (AvgIpc) is 2.19. The fraction of sp³-hybridized carbons (Fsp3) is 0.545. The molecule has 2 rings (SSSR count). The second-order valence-corrected chi connectivity index (χ2v) is 4.19. The first-order valence-electron chi connectivity index (χ1n) is 5.05. The number of anilines is 1. The van der Waals surface area contributed by atoms with Crippen LogP contribution >= 0.6 is 0 Å². The van der Waals surface area contributed by atoms with Crippen LogP contribution in [0.4, 0.5) is 5.69 Å². The lowest BCUT2D eigenvalue weighted by atomic mass is 9.93. The Kier molecular flexibility index (Phi) is 2.42. The predicted molar refractivity (Wildman–Crippen MR) is 56.3 cm³/mol. The minimum absolute atomic E-state index is 0.469. The lowest BCUT2D eigenvalue weighted by Crippen LogP contribution is -2.42. The number of rotatable bonds is 1. The molecule has 1 aliphatic rings. The van der Waals surface area contributed by atoms with Gasteiger partial charge in [-0.05, 0) is 31.9 Å². The number of piperidine rings is 1. The van der Waals surface area contributed by atoms with Gasteiger partial charge < -0.3 is 10.0 Å². The smallest absolute Gasteiger partial charge is 0.0653 e. The van der Waals surface area contributed by atoms with E-state index in [4.69, 9.17) is 0 Å². The molecule has 0 radical (unpaired) electrons.